The van der Waals surface area contributed by atoms with Crippen molar-refractivity contribution >= 4 is 11.8 Å². The summed E-state index contributed by atoms with van der Waals surface area (Å²) in [4.78, 5) is 1.42. The molecular formula is C12H15NS. The van der Waals surface area contributed by atoms with Gasteiger partial charge >= 0.3 is 0 Å². The quantitative estimate of drug-likeness (QED) is 0.704. The van der Waals surface area contributed by atoms with Crippen LogP contribution < -0.4 is 5.73 Å². The molecule has 0 aromatic heterocycles. The van der Waals surface area contributed by atoms with E-state index >= 15 is 0 Å². The Bertz CT molecular complexity index is 355. The van der Waals surface area contributed by atoms with E-state index in [0.717, 1.165) is 0 Å². The minimum atomic E-state index is 0.270. The van der Waals surface area contributed by atoms with Crippen molar-refractivity contribution in [1.82, 2.24) is 0 Å². The third kappa shape index (κ3) is 1.07. The summed E-state index contributed by atoms with van der Waals surface area (Å²) in [6.45, 7) is 0. The first-order valence-corrected chi connectivity index (χ1v) is 6.17. The van der Waals surface area contributed by atoms with E-state index in [-0.39, 0.29) is 6.04 Å². The number of hydrogen-bond acceptors (Lipinski definition) is 2. The molecule has 0 bridgehead atoms. The molecule has 1 heterocycles. The van der Waals surface area contributed by atoms with Gasteiger partial charge in [-0.25, -0.2) is 0 Å². The first kappa shape index (κ1) is 8.81. The summed E-state index contributed by atoms with van der Waals surface area (Å²) >= 11 is 2.03. The fraction of sp³-hybridized carbons (Fsp3) is 0.500. The van der Waals surface area contributed by atoms with E-state index in [2.05, 4.69) is 24.3 Å². The van der Waals surface area contributed by atoms with Gasteiger partial charge in [0.05, 0.1) is 0 Å². The molecule has 2 aliphatic rings. The van der Waals surface area contributed by atoms with Crippen molar-refractivity contribution in [2.45, 2.75) is 41.4 Å². The highest BCUT2D eigenvalue weighted by Gasteiger charge is 2.46. The second-order valence-electron chi connectivity index (χ2n) is 4.39. The minimum absolute atomic E-state index is 0.270. The molecule has 1 spiro atoms. The molecule has 1 aromatic rings. The third-order valence-electron chi connectivity index (χ3n) is 3.58. The van der Waals surface area contributed by atoms with Crippen molar-refractivity contribution < 1.29 is 0 Å². The minimum Gasteiger partial charge on any atom is -0.323 e. The van der Waals surface area contributed by atoms with E-state index in [4.69, 9.17) is 5.73 Å². The third-order valence-corrected chi connectivity index (χ3v) is 5.24. The maximum absolute atomic E-state index is 6.37. The zero-order chi connectivity index (χ0) is 9.60. The van der Waals surface area contributed by atoms with Crippen molar-refractivity contribution in [2.24, 2.45) is 5.73 Å². The standard InChI is InChI=1S/C12H15NS/c13-11-9-5-1-2-6-10(9)14-12(11)7-3-4-8-12/h1-2,5-6,11H,3-4,7-8,13H2. The van der Waals surface area contributed by atoms with Crippen LogP contribution >= 0.6 is 11.8 Å². The lowest BCUT2D eigenvalue weighted by molar-refractivity contribution is 0.506. The molecule has 1 aromatic carbocycles. The van der Waals surface area contributed by atoms with E-state index in [1.807, 2.05) is 11.8 Å². The fourth-order valence-corrected chi connectivity index (χ4v) is 4.43. The Balaban J connectivity index is 2.04. The first-order valence-electron chi connectivity index (χ1n) is 5.35. The SMILES string of the molecule is NC1c2ccccc2SC12CCCC2. The van der Waals surface area contributed by atoms with Gasteiger partial charge in [0, 0.05) is 15.7 Å². The summed E-state index contributed by atoms with van der Waals surface area (Å²) in [5, 5.41) is 0. The summed E-state index contributed by atoms with van der Waals surface area (Å²) in [6, 6.07) is 8.90. The van der Waals surface area contributed by atoms with Crippen molar-refractivity contribution in [3.63, 3.8) is 0 Å². The monoisotopic (exact) mass is 205 g/mol. The van der Waals surface area contributed by atoms with Crippen LogP contribution in [0.25, 0.3) is 0 Å². The largest absolute Gasteiger partial charge is 0.323 e. The van der Waals surface area contributed by atoms with Gasteiger partial charge in [-0.05, 0) is 24.5 Å². The van der Waals surface area contributed by atoms with E-state index in [0.29, 0.717) is 4.75 Å². The van der Waals surface area contributed by atoms with Gasteiger partial charge in [-0.1, -0.05) is 31.0 Å². The van der Waals surface area contributed by atoms with Crippen LogP contribution in [0.5, 0.6) is 0 Å². The maximum Gasteiger partial charge on any atom is 0.0458 e. The highest BCUT2D eigenvalue weighted by Crippen LogP contribution is 2.58. The molecule has 1 unspecified atom stereocenters. The number of thioether (sulfide) groups is 1. The lowest BCUT2D eigenvalue weighted by Gasteiger charge is -2.27. The molecule has 1 aliphatic heterocycles. The van der Waals surface area contributed by atoms with Crippen molar-refractivity contribution in [3.05, 3.63) is 29.8 Å². The van der Waals surface area contributed by atoms with Crippen LogP contribution in [0.1, 0.15) is 37.3 Å². The topological polar surface area (TPSA) is 26.0 Å². The molecule has 1 aliphatic carbocycles. The number of fused-ring (bicyclic) bond motifs is 1. The molecule has 1 saturated carbocycles. The van der Waals surface area contributed by atoms with E-state index in [1.54, 1.807) is 0 Å². The molecule has 14 heavy (non-hydrogen) atoms. The van der Waals surface area contributed by atoms with Crippen LogP contribution in [-0.4, -0.2) is 4.75 Å². The van der Waals surface area contributed by atoms with Crippen molar-refractivity contribution in [1.29, 1.82) is 0 Å². The van der Waals surface area contributed by atoms with Gasteiger partial charge < -0.3 is 5.73 Å². The van der Waals surface area contributed by atoms with Crippen LogP contribution in [0.3, 0.4) is 0 Å². The van der Waals surface area contributed by atoms with Crippen LogP contribution in [0.15, 0.2) is 29.2 Å². The van der Waals surface area contributed by atoms with E-state index < -0.39 is 0 Å². The Kier molecular flexibility index (Phi) is 1.89. The Morgan fingerprint density at radius 2 is 1.93 bits per heavy atom. The average Bonchev–Trinajstić information content (AvgIpc) is 2.77. The molecule has 3 rings (SSSR count). The smallest absolute Gasteiger partial charge is 0.0458 e. The molecule has 1 nitrogen and oxygen atoms in total. The maximum atomic E-state index is 6.37. The summed E-state index contributed by atoms with van der Waals surface area (Å²) in [5.74, 6) is 0. The van der Waals surface area contributed by atoms with Gasteiger partial charge in [0.15, 0.2) is 0 Å². The summed E-state index contributed by atoms with van der Waals surface area (Å²) < 4.78 is 0.351. The highest BCUT2D eigenvalue weighted by atomic mass is 32.2. The Labute approximate surface area is 89.1 Å². The Morgan fingerprint density at radius 3 is 2.64 bits per heavy atom. The summed E-state index contributed by atoms with van der Waals surface area (Å²) in [6.07, 6.45) is 5.31. The molecule has 1 fully saturated rings. The second kappa shape index (κ2) is 3.01. The second-order valence-corrected chi connectivity index (χ2v) is 5.85. The van der Waals surface area contributed by atoms with E-state index in [9.17, 15) is 0 Å². The van der Waals surface area contributed by atoms with Gasteiger partial charge in [-0.2, -0.15) is 0 Å². The number of hydrogen-bond donors (Lipinski definition) is 1. The molecule has 1 atom stereocenters. The summed E-state index contributed by atoms with van der Waals surface area (Å²) in [7, 11) is 0. The molecule has 2 N–H and O–H groups in total. The lowest BCUT2D eigenvalue weighted by Crippen LogP contribution is -2.31. The molecule has 74 valence electrons. The molecule has 2 heteroatoms. The lowest BCUT2D eigenvalue weighted by atomic mass is 9.92. The predicted molar refractivity (Wildman–Crippen MR) is 60.4 cm³/mol. The van der Waals surface area contributed by atoms with Gasteiger partial charge in [0.25, 0.3) is 0 Å². The van der Waals surface area contributed by atoms with E-state index in [1.165, 1.54) is 36.1 Å². The predicted octanol–water partition coefficient (Wildman–Crippen LogP) is 3.10. The number of nitrogens with two attached hydrogens (primary N) is 1. The number of benzene rings is 1. The first-order chi connectivity index (χ1) is 6.82. The van der Waals surface area contributed by atoms with Crippen LogP contribution in [0.4, 0.5) is 0 Å². The van der Waals surface area contributed by atoms with Gasteiger partial charge in [-0.15, -0.1) is 11.8 Å². The number of rotatable bonds is 0. The fourth-order valence-electron chi connectivity index (χ4n) is 2.78. The van der Waals surface area contributed by atoms with Crippen LogP contribution in [-0.2, 0) is 0 Å². The zero-order valence-electron chi connectivity index (χ0n) is 8.20. The molecule has 0 saturated heterocycles. The van der Waals surface area contributed by atoms with Crippen LogP contribution in [0, 0.1) is 0 Å². The zero-order valence-corrected chi connectivity index (χ0v) is 9.02. The molecule has 0 radical (unpaired) electrons. The normalized spacial score (nSPS) is 28.2. The van der Waals surface area contributed by atoms with Gasteiger partial charge in [-0.3, -0.25) is 0 Å². The van der Waals surface area contributed by atoms with Gasteiger partial charge in [0.2, 0.25) is 0 Å². The molecular weight excluding hydrogens is 190 g/mol. The molecule has 0 amide bonds. The Hall–Kier alpha value is -0.470. The van der Waals surface area contributed by atoms with Crippen molar-refractivity contribution in [2.75, 3.05) is 0 Å². The average molecular weight is 205 g/mol. The summed E-state index contributed by atoms with van der Waals surface area (Å²) in [5.41, 5.74) is 7.74. The van der Waals surface area contributed by atoms with Gasteiger partial charge in [0.1, 0.15) is 0 Å². The van der Waals surface area contributed by atoms with Crippen LogP contribution in [0.2, 0.25) is 0 Å². The van der Waals surface area contributed by atoms with Crippen molar-refractivity contribution in [3.8, 4) is 0 Å². The highest BCUT2D eigenvalue weighted by molar-refractivity contribution is 8.01. The Morgan fingerprint density at radius 1 is 1.21 bits per heavy atom.